The minimum atomic E-state index is -0.410. The molecule has 4 heteroatoms. The number of nitrogens with zero attached hydrogens (tertiary/aromatic N) is 1. The van der Waals surface area contributed by atoms with Crippen LogP contribution in [0.15, 0.2) is 24.3 Å². The molecular formula is C17H24N2O2. The lowest BCUT2D eigenvalue weighted by atomic mass is 9.96. The van der Waals surface area contributed by atoms with Gasteiger partial charge in [0.2, 0.25) is 11.8 Å². The Kier molecular flexibility index (Phi) is 4.66. The first-order valence-electron chi connectivity index (χ1n) is 7.51. The molecule has 0 fully saturated rings. The molecule has 1 heterocycles. The Morgan fingerprint density at radius 1 is 1.19 bits per heavy atom. The lowest BCUT2D eigenvalue weighted by molar-refractivity contribution is -0.132. The smallest absolute Gasteiger partial charge is 0.225 e. The Bertz CT molecular complexity index is 532. The normalized spacial score (nSPS) is 14.5. The van der Waals surface area contributed by atoms with Crippen molar-refractivity contribution < 1.29 is 9.59 Å². The third kappa shape index (κ3) is 4.06. The lowest BCUT2D eigenvalue weighted by Gasteiger charge is -2.29. The van der Waals surface area contributed by atoms with Gasteiger partial charge < -0.3 is 10.2 Å². The molecule has 1 aliphatic rings. The van der Waals surface area contributed by atoms with Crippen molar-refractivity contribution in [1.29, 1.82) is 0 Å². The van der Waals surface area contributed by atoms with Gasteiger partial charge in [-0.1, -0.05) is 45.0 Å². The van der Waals surface area contributed by atoms with Gasteiger partial charge in [-0.15, -0.1) is 0 Å². The molecule has 2 amide bonds. The quantitative estimate of drug-likeness (QED) is 0.926. The summed E-state index contributed by atoms with van der Waals surface area (Å²) in [4.78, 5) is 25.8. The van der Waals surface area contributed by atoms with Crippen molar-refractivity contribution in [3.63, 3.8) is 0 Å². The molecule has 21 heavy (non-hydrogen) atoms. The summed E-state index contributed by atoms with van der Waals surface area (Å²) in [7, 11) is 0. The van der Waals surface area contributed by atoms with Crippen LogP contribution in [0.4, 0.5) is 0 Å². The second-order valence-corrected chi connectivity index (χ2v) is 6.59. The Hall–Kier alpha value is -1.84. The summed E-state index contributed by atoms with van der Waals surface area (Å²) in [5.74, 6) is 0.0954. The molecule has 1 N–H and O–H groups in total. The van der Waals surface area contributed by atoms with E-state index < -0.39 is 5.41 Å². The summed E-state index contributed by atoms with van der Waals surface area (Å²) in [6.07, 6.45) is 1.28. The van der Waals surface area contributed by atoms with Crippen LogP contribution in [0.2, 0.25) is 0 Å². The summed E-state index contributed by atoms with van der Waals surface area (Å²) < 4.78 is 0. The van der Waals surface area contributed by atoms with E-state index >= 15 is 0 Å². The summed E-state index contributed by atoms with van der Waals surface area (Å²) in [5, 5.41) is 2.83. The highest BCUT2D eigenvalue weighted by molar-refractivity contribution is 5.82. The van der Waals surface area contributed by atoms with Gasteiger partial charge >= 0.3 is 0 Å². The van der Waals surface area contributed by atoms with Crippen LogP contribution in [0.3, 0.4) is 0 Å². The van der Waals surface area contributed by atoms with Crippen molar-refractivity contribution in [2.24, 2.45) is 5.41 Å². The van der Waals surface area contributed by atoms with Crippen LogP contribution < -0.4 is 5.32 Å². The number of carbonyl (C=O) groups is 2. The van der Waals surface area contributed by atoms with Gasteiger partial charge in [0, 0.05) is 31.5 Å². The van der Waals surface area contributed by atoms with E-state index in [2.05, 4.69) is 17.4 Å². The maximum Gasteiger partial charge on any atom is 0.225 e. The fourth-order valence-electron chi connectivity index (χ4n) is 2.41. The molecular weight excluding hydrogens is 264 g/mol. The van der Waals surface area contributed by atoms with Gasteiger partial charge in [-0.05, 0) is 17.5 Å². The zero-order valence-electron chi connectivity index (χ0n) is 13.1. The number of hydrogen-bond acceptors (Lipinski definition) is 2. The van der Waals surface area contributed by atoms with Crippen molar-refractivity contribution >= 4 is 11.8 Å². The predicted molar refractivity (Wildman–Crippen MR) is 82.6 cm³/mol. The molecule has 1 aromatic carbocycles. The lowest BCUT2D eigenvalue weighted by Crippen LogP contribution is -2.40. The van der Waals surface area contributed by atoms with Gasteiger partial charge in [-0.25, -0.2) is 0 Å². The third-order valence-corrected chi connectivity index (χ3v) is 3.79. The molecule has 0 radical (unpaired) electrons. The van der Waals surface area contributed by atoms with Crippen LogP contribution in [-0.2, 0) is 22.6 Å². The van der Waals surface area contributed by atoms with E-state index in [0.717, 1.165) is 13.0 Å². The molecule has 0 saturated carbocycles. The average Bonchev–Trinajstić information content (AvgIpc) is 2.45. The standard InChI is InChI=1S/C17H24N2O2/c1-17(2,3)16(21)18-10-8-15(20)19-11-9-13-6-4-5-7-14(13)12-19/h4-7H,8-12H2,1-3H3,(H,18,21). The molecule has 0 saturated heterocycles. The fourth-order valence-corrected chi connectivity index (χ4v) is 2.41. The largest absolute Gasteiger partial charge is 0.355 e. The number of nitrogens with one attached hydrogen (secondary N) is 1. The second kappa shape index (κ2) is 6.29. The SMILES string of the molecule is CC(C)(C)C(=O)NCCC(=O)N1CCc2ccccc2C1. The van der Waals surface area contributed by atoms with Crippen LogP contribution in [-0.4, -0.2) is 29.8 Å². The molecule has 0 spiro atoms. The third-order valence-electron chi connectivity index (χ3n) is 3.79. The van der Waals surface area contributed by atoms with Crippen molar-refractivity contribution in [2.75, 3.05) is 13.1 Å². The number of carbonyl (C=O) groups excluding carboxylic acids is 2. The van der Waals surface area contributed by atoms with E-state index in [1.54, 1.807) is 0 Å². The molecule has 2 rings (SSSR count). The van der Waals surface area contributed by atoms with Gasteiger partial charge in [-0.2, -0.15) is 0 Å². The van der Waals surface area contributed by atoms with Crippen LogP contribution in [0.1, 0.15) is 38.3 Å². The first kappa shape index (κ1) is 15.5. The maximum atomic E-state index is 12.2. The van der Waals surface area contributed by atoms with Gasteiger partial charge in [-0.3, -0.25) is 9.59 Å². The number of amides is 2. The van der Waals surface area contributed by atoms with Crippen LogP contribution in [0.25, 0.3) is 0 Å². The van der Waals surface area contributed by atoms with E-state index in [9.17, 15) is 9.59 Å². The number of benzene rings is 1. The van der Waals surface area contributed by atoms with Gasteiger partial charge in [0.15, 0.2) is 0 Å². The minimum Gasteiger partial charge on any atom is -0.355 e. The van der Waals surface area contributed by atoms with Crippen LogP contribution in [0.5, 0.6) is 0 Å². The molecule has 1 aromatic rings. The number of rotatable bonds is 3. The fraction of sp³-hybridized carbons (Fsp3) is 0.529. The van der Waals surface area contributed by atoms with Crippen LogP contribution in [0, 0.1) is 5.41 Å². The minimum absolute atomic E-state index is 0.0145. The van der Waals surface area contributed by atoms with Crippen LogP contribution >= 0.6 is 0 Å². The first-order valence-corrected chi connectivity index (χ1v) is 7.51. The topological polar surface area (TPSA) is 49.4 Å². The van der Waals surface area contributed by atoms with Crippen molar-refractivity contribution in [3.8, 4) is 0 Å². The highest BCUT2D eigenvalue weighted by atomic mass is 16.2. The number of fused-ring (bicyclic) bond motifs is 1. The Balaban J connectivity index is 1.82. The second-order valence-electron chi connectivity index (χ2n) is 6.59. The van der Waals surface area contributed by atoms with Gasteiger partial charge in [0.05, 0.1) is 0 Å². The molecule has 4 nitrogen and oxygen atoms in total. The first-order chi connectivity index (χ1) is 9.88. The van der Waals surface area contributed by atoms with E-state index in [1.165, 1.54) is 11.1 Å². The number of hydrogen-bond donors (Lipinski definition) is 1. The predicted octanol–water partition coefficient (Wildman–Crippen LogP) is 2.12. The molecule has 0 bridgehead atoms. The average molecular weight is 288 g/mol. The zero-order valence-corrected chi connectivity index (χ0v) is 13.1. The van der Waals surface area contributed by atoms with Crippen molar-refractivity contribution in [1.82, 2.24) is 10.2 Å². The molecule has 0 atom stereocenters. The molecule has 0 aliphatic carbocycles. The van der Waals surface area contributed by atoms with E-state index in [-0.39, 0.29) is 11.8 Å². The van der Waals surface area contributed by atoms with E-state index in [1.807, 2.05) is 37.8 Å². The zero-order chi connectivity index (χ0) is 15.5. The highest BCUT2D eigenvalue weighted by Crippen LogP contribution is 2.19. The molecule has 0 unspecified atom stereocenters. The van der Waals surface area contributed by atoms with Gasteiger partial charge in [0.1, 0.15) is 0 Å². The Morgan fingerprint density at radius 3 is 2.52 bits per heavy atom. The summed E-state index contributed by atoms with van der Waals surface area (Å²) in [6, 6.07) is 8.26. The summed E-state index contributed by atoms with van der Waals surface area (Å²) in [5.41, 5.74) is 2.16. The van der Waals surface area contributed by atoms with Gasteiger partial charge in [0.25, 0.3) is 0 Å². The van der Waals surface area contributed by atoms with Crippen molar-refractivity contribution in [3.05, 3.63) is 35.4 Å². The summed E-state index contributed by atoms with van der Waals surface area (Å²) in [6.45, 7) is 7.46. The molecule has 1 aliphatic heterocycles. The van der Waals surface area contributed by atoms with E-state index in [0.29, 0.717) is 19.5 Å². The highest BCUT2D eigenvalue weighted by Gasteiger charge is 2.22. The maximum absolute atomic E-state index is 12.2. The van der Waals surface area contributed by atoms with Crippen molar-refractivity contribution in [2.45, 2.75) is 40.2 Å². The monoisotopic (exact) mass is 288 g/mol. The Morgan fingerprint density at radius 2 is 1.86 bits per heavy atom. The molecule has 114 valence electrons. The van der Waals surface area contributed by atoms with E-state index in [4.69, 9.17) is 0 Å². The Labute approximate surface area is 126 Å². The summed E-state index contributed by atoms with van der Waals surface area (Å²) >= 11 is 0. The molecule has 0 aromatic heterocycles.